The number of amides is 6. The molecule has 1 saturated carbocycles. The number of ether oxygens (including phenoxy) is 12. The average Bonchev–Trinajstić information content (AvgIpc) is 1.67. The molecule has 570 valence electrons. The second-order valence-corrected chi connectivity index (χ2v) is 26.8. The van der Waals surface area contributed by atoms with E-state index in [1.165, 1.54) is 36.1 Å². The average molecular weight is 1460 g/mol. The lowest BCUT2D eigenvalue weighted by Gasteiger charge is -2.27. The molecule has 27 heteroatoms. The van der Waals surface area contributed by atoms with Gasteiger partial charge in [0.1, 0.15) is 6.04 Å². The zero-order valence-corrected chi connectivity index (χ0v) is 61.2. The molecule has 0 aromatic heterocycles. The van der Waals surface area contributed by atoms with Crippen LogP contribution in [0.5, 0.6) is 23.0 Å². The Balaban J connectivity index is 0.579. The highest BCUT2D eigenvalue weighted by Gasteiger charge is 2.38. The van der Waals surface area contributed by atoms with E-state index in [0.29, 0.717) is 183 Å². The molecular formula is C78H103N7O20. The quantitative estimate of drug-likeness (QED) is 0.0361. The fourth-order valence-electron chi connectivity index (χ4n) is 12.6. The number of methoxy groups -OCH3 is 2. The van der Waals surface area contributed by atoms with E-state index in [2.05, 4.69) is 34.2 Å². The number of rotatable bonds is 48. The number of carbonyl (C=O) groups is 8. The largest absolute Gasteiger partial charge is 0.493 e. The van der Waals surface area contributed by atoms with Crippen molar-refractivity contribution in [1.82, 2.24) is 25.8 Å². The summed E-state index contributed by atoms with van der Waals surface area (Å²) in [5.74, 6) is 0.333. The van der Waals surface area contributed by atoms with Crippen LogP contribution in [0.4, 0.5) is 11.4 Å². The second-order valence-electron chi connectivity index (χ2n) is 26.8. The molecule has 3 aromatic rings. The van der Waals surface area contributed by atoms with Crippen molar-refractivity contribution in [2.45, 2.75) is 116 Å². The monoisotopic (exact) mass is 1460 g/mol. The number of carbonyl (C=O) groups excluding carboxylic acids is 8. The first-order valence-corrected chi connectivity index (χ1v) is 36.7. The highest BCUT2D eigenvalue weighted by atomic mass is 16.6. The van der Waals surface area contributed by atoms with Gasteiger partial charge in [-0.15, -0.1) is 0 Å². The van der Waals surface area contributed by atoms with E-state index in [1.54, 1.807) is 50.3 Å². The minimum Gasteiger partial charge on any atom is -0.493 e. The van der Waals surface area contributed by atoms with Crippen LogP contribution in [0, 0.1) is 23.7 Å². The zero-order valence-electron chi connectivity index (χ0n) is 61.2. The Kier molecular flexibility index (Phi) is 32.7. The van der Waals surface area contributed by atoms with Crippen molar-refractivity contribution >= 4 is 76.4 Å². The number of aliphatic imine (C=N–C) groups is 2. The number of hydrogen-bond acceptors (Lipinski definition) is 22. The van der Waals surface area contributed by atoms with Crippen LogP contribution in [0.1, 0.15) is 123 Å². The van der Waals surface area contributed by atoms with Crippen molar-refractivity contribution in [2.24, 2.45) is 33.7 Å². The van der Waals surface area contributed by atoms with Crippen molar-refractivity contribution in [3.63, 3.8) is 0 Å². The SMILES string of the molecule is COc1cc2c(cc1OCCCOc1cc3c(cc1OC)C(=O)CCC1C=C(c4ccc(CCC(=O)[C@H](C)NC(=O)C(NC(=O)CCOCCOCCOCCOCCOCCOCCOCCOCCNC(=O)CCN5C(=O)C=CC5=O)C(C)C)cc4)C[C@@H](/C=N\3)C1)N=C[C@@H]1CC(C3CC3)=CN1C2=O. The maximum Gasteiger partial charge on any atom is 0.260 e. The third kappa shape index (κ3) is 25.6. The van der Waals surface area contributed by atoms with Crippen LogP contribution >= 0.6 is 0 Å². The first kappa shape index (κ1) is 80.6. The minimum atomic E-state index is -0.845. The molecule has 2 aliphatic carbocycles. The highest BCUT2D eigenvalue weighted by Crippen LogP contribution is 2.45. The van der Waals surface area contributed by atoms with Crippen LogP contribution in [0.3, 0.4) is 0 Å². The maximum absolute atomic E-state index is 13.9. The number of nitrogens with zero attached hydrogens (tertiary/aromatic N) is 4. The van der Waals surface area contributed by atoms with Crippen molar-refractivity contribution < 1.29 is 95.2 Å². The lowest BCUT2D eigenvalue weighted by atomic mass is 9.78. The van der Waals surface area contributed by atoms with Crippen molar-refractivity contribution in [3.8, 4) is 23.0 Å². The molecule has 0 radical (unpaired) electrons. The summed E-state index contributed by atoms with van der Waals surface area (Å²) in [7, 11) is 3.10. The van der Waals surface area contributed by atoms with Crippen molar-refractivity contribution in [2.75, 3.05) is 146 Å². The summed E-state index contributed by atoms with van der Waals surface area (Å²) in [5.41, 5.74) is 6.57. The molecule has 0 spiro atoms. The van der Waals surface area contributed by atoms with Gasteiger partial charge in [0.2, 0.25) is 17.7 Å². The summed E-state index contributed by atoms with van der Waals surface area (Å²) in [6.45, 7) is 12.0. The van der Waals surface area contributed by atoms with Crippen molar-refractivity contribution in [1.29, 1.82) is 0 Å². The van der Waals surface area contributed by atoms with Crippen LogP contribution < -0.4 is 34.9 Å². The molecule has 105 heavy (non-hydrogen) atoms. The van der Waals surface area contributed by atoms with Crippen LogP contribution in [0.15, 0.2) is 88.5 Å². The summed E-state index contributed by atoms with van der Waals surface area (Å²) < 4.78 is 68.0. The third-order valence-electron chi connectivity index (χ3n) is 18.6. The number of ketones is 2. The normalized spacial score (nSPS) is 18.4. The molecule has 2 bridgehead atoms. The summed E-state index contributed by atoms with van der Waals surface area (Å²) in [4.78, 5) is 115. The molecule has 4 heterocycles. The smallest absolute Gasteiger partial charge is 0.260 e. The van der Waals surface area contributed by atoms with Gasteiger partial charge >= 0.3 is 0 Å². The fourth-order valence-corrected chi connectivity index (χ4v) is 12.6. The Morgan fingerprint density at radius 3 is 1.70 bits per heavy atom. The standard InChI is InChI=1S/C78H103N7O20/c1-52(2)76(83-73(89)20-25-96-27-29-98-31-33-100-35-37-102-39-40-103-38-36-101-34-32-99-30-28-97-26-21-79-72(88)19-22-84-74(90)17-18-75(84)91)77(92)82-53(3)66(86)15-9-54-7-11-57(12-8-54)59-42-55-10-16-67(87)62-45-68(94-4)70(47-64(62)80-49-56(41-55)43-59)104-23-6-24-105-71-48-65-63(46-69(71)95-5)78(93)85-51-60(58-13-14-58)44-61(85)50-81-65/h7-8,11-12,17-18,42,45-53,55-56,58,61,76H,6,9-10,13-16,19-41,43-44H2,1-5H3,(H,79,88)(H,82,92)(H,83,89)/b80-49-/t53-,55?,56-,61-,76?/m0/s1. The Morgan fingerprint density at radius 1 is 0.571 bits per heavy atom. The van der Waals surface area contributed by atoms with E-state index in [-0.39, 0.29) is 98.7 Å². The van der Waals surface area contributed by atoms with E-state index in [9.17, 15) is 38.4 Å². The number of nitrogens with one attached hydrogen (secondary N) is 3. The molecule has 3 N–H and O–H groups in total. The predicted molar refractivity (Wildman–Crippen MR) is 390 cm³/mol. The summed E-state index contributed by atoms with van der Waals surface area (Å²) in [6, 6.07) is 13.5. The van der Waals surface area contributed by atoms with Gasteiger partial charge in [-0.05, 0) is 110 Å². The first-order valence-electron chi connectivity index (χ1n) is 36.7. The van der Waals surface area contributed by atoms with Crippen LogP contribution in [0.2, 0.25) is 0 Å². The zero-order chi connectivity index (χ0) is 74.3. The Hall–Kier alpha value is -8.54. The molecule has 6 amide bonds. The van der Waals surface area contributed by atoms with Gasteiger partial charge in [0.25, 0.3) is 17.7 Å². The summed E-state index contributed by atoms with van der Waals surface area (Å²) >= 11 is 0. The fraction of sp³-hybridized carbons (Fsp3) is 0.564. The van der Waals surface area contributed by atoms with Gasteiger partial charge in [0.05, 0.1) is 162 Å². The maximum atomic E-state index is 13.9. The number of hydrogen-bond donors (Lipinski definition) is 3. The van der Waals surface area contributed by atoms with Crippen LogP contribution in [0.25, 0.3) is 5.57 Å². The third-order valence-corrected chi connectivity index (χ3v) is 18.6. The molecule has 9 rings (SSSR count). The summed E-state index contributed by atoms with van der Waals surface area (Å²) in [6.07, 6.45) is 17.6. The van der Waals surface area contributed by atoms with Crippen LogP contribution in [-0.2, 0) is 73.1 Å². The number of imide groups is 1. The molecule has 4 aliphatic heterocycles. The van der Waals surface area contributed by atoms with Gasteiger partial charge in [0, 0.05) is 93.7 Å². The molecule has 6 aliphatic rings. The number of benzene rings is 3. The van der Waals surface area contributed by atoms with Crippen molar-refractivity contribution in [3.05, 3.63) is 101 Å². The number of Topliss-reactive ketones (excluding diaryl/α,β-unsaturated/α-hetero) is 2. The van der Waals surface area contributed by atoms with E-state index < -0.39 is 29.8 Å². The van der Waals surface area contributed by atoms with Crippen LogP contribution in [-0.4, -0.2) is 234 Å². The van der Waals surface area contributed by atoms with Gasteiger partial charge in [-0.2, -0.15) is 0 Å². The minimum absolute atomic E-state index is 0.0231. The van der Waals surface area contributed by atoms with E-state index in [0.717, 1.165) is 35.3 Å². The molecule has 27 nitrogen and oxygen atoms in total. The van der Waals surface area contributed by atoms with Gasteiger partial charge in [0.15, 0.2) is 34.6 Å². The molecular weight excluding hydrogens is 1350 g/mol. The van der Waals surface area contributed by atoms with Gasteiger partial charge in [-0.3, -0.25) is 53.2 Å². The van der Waals surface area contributed by atoms with Gasteiger partial charge in [-0.1, -0.05) is 44.2 Å². The predicted octanol–water partition coefficient (Wildman–Crippen LogP) is 7.67. The number of aryl methyl sites for hydroxylation is 1. The van der Waals surface area contributed by atoms with E-state index >= 15 is 0 Å². The molecule has 3 aromatic carbocycles. The Labute approximate surface area is 614 Å². The van der Waals surface area contributed by atoms with Gasteiger partial charge < -0.3 is 77.7 Å². The molecule has 1 fully saturated rings. The summed E-state index contributed by atoms with van der Waals surface area (Å²) in [5, 5.41) is 8.31. The lowest BCUT2D eigenvalue weighted by Crippen LogP contribution is -2.53. The van der Waals surface area contributed by atoms with Gasteiger partial charge in [-0.25, -0.2) is 0 Å². The van der Waals surface area contributed by atoms with E-state index in [4.69, 9.17) is 66.8 Å². The first-order chi connectivity index (χ1) is 51.0. The molecule has 2 unspecified atom stereocenters. The van der Waals surface area contributed by atoms with E-state index in [1.807, 2.05) is 44.6 Å². The second kappa shape index (κ2) is 42.6. The molecule has 5 atom stereocenters. The highest BCUT2D eigenvalue weighted by molar-refractivity contribution is 6.13. The Bertz CT molecular complexity index is 3570. The number of fused-ring (bicyclic) bond motifs is 5. The topological polar surface area (TPSA) is 315 Å². The molecule has 0 saturated heterocycles. The Morgan fingerprint density at radius 2 is 1.12 bits per heavy atom. The number of allylic oxidation sites excluding steroid dienone is 2. The lowest BCUT2D eigenvalue weighted by molar-refractivity contribution is -0.137.